The minimum atomic E-state index is -0.410. The largest absolute Gasteiger partial charge is 0.273 e. The summed E-state index contributed by atoms with van der Waals surface area (Å²) >= 11 is 0. The van der Waals surface area contributed by atoms with Gasteiger partial charge in [-0.05, 0) is 0 Å². The molecule has 12 heavy (non-hydrogen) atoms. The van der Waals surface area contributed by atoms with Crippen LogP contribution >= 0.6 is 0 Å². The van der Waals surface area contributed by atoms with Crippen molar-refractivity contribution in [2.45, 2.75) is 20.3 Å². The number of nitrogens with zero attached hydrogens (tertiary/aromatic N) is 2. The topological polar surface area (TPSA) is 57.7 Å². The lowest BCUT2D eigenvalue weighted by Crippen LogP contribution is -2.44. The number of carbonyl (C=O) groups excluding carboxylic acids is 3. The Morgan fingerprint density at radius 1 is 1.25 bits per heavy atom. The highest BCUT2D eigenvalue weighted by Crippen LogP contribution is 2.11. The van der Waals surface area contributed by atoms with Gasteiger partial charge in [0.05, 0.1) is 6.54 Å². The van der Waals surface area contributed by atoms with Gasteiger partial charge in [-0.1, -0.05) is 0 Å². The van der Waals surface area contributed by atoms with Gasteiger partial charge in [-0.25, -0.2) is 5.01 Å². The number of carbonyl (C=O) groups is 3. The molecule has 1 aliphatic rings. The molecular formula is C7H10N2O3. The van der Waals surface area contributed by atoms with E-state index in [1.165, 1.54) is 13.8 Å². The van der Waals surface area contributed by atoms with Gasteiger partial charge in [-0.15, -0.1) is 0 Å². The third kappa shape index (κ3) is 1.30. The smallest absolute Gasteiger partial charge is 0.250 e. The fraction of sp³-hybridized carbons (Fsp3) is 0.571. The predicted molar refractivity (Wildman–Crippen MR) is 39.5 cm³/mol. The molecule has 0 spiro atoms. The van der Waals surface area contributed by atoms with Crippen LogP contribution in [-0.2, 0) is 14.4 Å². The molecule has 0 atom stereocenters. The third-order valence-corrected chi connectivity index (χ3v) is 1.68. The average Bonchev–Trinajstić information content (AvgIpc) is 2.30. The van der Waals surface area contributed by atoms with Crippen LogP contribution in [0.15, 0.2) is 0 Å². The first-order valence-electron chi connectivity index (χ1n) is 3.65. The van der Waals surface area contributed by atoms with Crippen molar-refractivity contribution in [1.29, 1.82) is 0 Å². The van der Waals surface area contributed by atoms with Gasteiger partial charge < -0.3 is 0 Å². The van der Waals surface area contributed by atoms with Gasteiger partial charge in [0.2, 0.25) is 17.7 Å². The Bertz CT molecular complexity index is 249. The summed E-state index contributed by atoms with van der Waals surface area (Å²) in [7, 11) is 0. The van der Waals surface area contributed by atoms with Crippen LogP contribution in [-0.4, -0.2) is 34.3 Å². The number of imide groups is 1. The summed E-state index contributed by atoms with van der Waals surface area (Å²) in [6.07, 6.45) is 0.235. The second kappa shape index (κ2) is 2.92. The van der Waals surface area contributed by atoms with Crippen LogP contribution < -0.4 is 0 Å². The Balaban J connectivity index is 2.84. The molecule has 1 fully saturated rings. The van der Waals surface area contributed by atoms with Gasteiger partial charge in [-0.2, -0.15) is 5.01 Å². The van der Waals surface area contributed by atoms with E-state index in [4.69, 9.17) is 0 Å². The summed E-state index contributed by atoms with van der Waals surface area (Å²) in [6, 6.07) is 0. The van der Waals surface area contributed by atoms with E-state index < -0.39 is 5.91 Å². The first-order valence-corrected chi connectivity index (χ1v) is 3.65. The number of hydrazine groups is 1. The summed E-state index contributed by atoms with van der Waals surface area (Å²) in [6.45, 7) is 2.90. The Labute approximate surface area is 69.9 Å². The maximum atomic E-state index is 11.0. The molecule has 0 aromatic carbocycles. The molecule has 0 saturated carbocycles. The number of rotatable bonds is 0. The highest BCUT2D eigenvalue weighted by molar-refractivity contribution is 5.98. The van der Waals surface area contributed by atoms with Crippen LogP contribution in [0.5, 0.6) is 0 Å². The summed E-state index contributed by atoms with van der Waals surface area (Å²) in [5.41, 5.74) is 0. The highest BCUT2D eigenvalue weighted by Gasteiger charge is 2.33. The Kier molecular flexibility index (Phi) is 2.12. The van der Waals surface area contributed by atoms with Gasteiger partial charge in [0.1, 0.15) is 0 Å². The van der Waals surface area contributed by atoms with E-state index >= 15 is 0 Å². The monoisotopic (exact) mass is 170 g/mol. The van der Waals surface area contributed by atoms with Crippen molar-refractivity contribution < 1.29 is 14.4 Å². The van der Waals surface area contributed by atoms with Crippen molar-refractivity contribution in [3.8, 4) is 0 Å². The standard InChI is InChI=1S/C7H10N2O3/c1-5(10)8-4-3-7(12)9(8)6(2)11/h3-4H2,1-2H3. The molecule has 66 valence electrons. The zero-order valence-electron chi connectivity index (χ0n) is 7.03. The van der Waals surface area contributed by atoms with E-state index in [1.807, 2.05) is 0 Å². The lowest BCUT2D eigenvalue weighted by atomic mass is 10.4. The molecule has 1 saturated heterocycles. The molecule has 1 aliphatic heterocycles. The summed E-state index contributed by atoms with van der Waals surface area (Å²) in [4.78, 5) is 32.8. The number of hydrogen-bond donors (Lipinski definition) is 0. The minimum absolute atomic E-state index is 0.235. The molecular weight excluding hydrogens is 160 g/mol. The zero-order chi connectivity index (χ0) is 9.30. The maximum absolute atomic E-state index is 11.0. The third-order valence-electron chi connectivity index (χ3n) is 1.68. The van der Waals surface area contributed by atoms with E-state index in [0.717, 1.165) is 10.0 Å². The Morgan fingerprint density at radius 2 is 1.83 bits per heavy atom. The Hall–Kier alpha value is -1.39. The van der Waals surface area contributed by atoms with Crippen molar-refractivity contribution >= 4 is 17.7 Å². The van der Waals surface area contributed by atoms with Crippen LogP contribution in [0.4, 0.5) is 0 Å². The first kappa shape index (κ1) is 8.70. The summed E-state index contributed by atoms with van der Waals surface area (Å²) < 4.78 is 0. The fourth-order valence-electron chi connectivity index (χ4n) is 1.19. The van der Waals surface area contributed by atoms with Crippen molar-refractivity contribution in [3.05, 3.63) is 0 Å². The SMILES string of the molecule is CC(=O)N1CCC(=O)N1C(C)=O. The fourth-order valence-corrected chi connectivity index (χ4v) is 1.19. The first-order chi connectivity index (χ1) is 5.54. The van der Waals surface area contributed by atoms with Crippen molar-refractivity contribution in [2.24, 2.45) is 0 Å². The molecule has 0 radical (unpaired) electrons. The van der Waals surface area contributed by atoms with Crippen molar-refractivity contribution in [2.75, 3.05) is 6.54 Å². The number of amides is 3. The van der Waals surface area contributed by atoms with Crippen LogP contribution in [0.1, 0.15) is 20.3 Å². The van der Waals surface area contributed by atoms with Gasteiger partial charge >= 0.3 is 0 Å². The normalized spacial score (nSPS) is 17.0. The predicted octanol–water partition coefficient (Wildman–Crippen LogP) is -0.471. The molecule has 0 aliphatic carbocycles. The maximum Gasteiger partial charge on any atom is 0.250 e. The van der Waals surface area contributed by atoms with Gasteiger partial charge in [0, 0.05) is 20.3 Å². The van der Waals surface area contributed by atoms with Crippen LogP contribution in [0, 0.1) is 0 Å². The summed E-state index contributed by atoms with van der Waals surface area (Å²) in [5, 5.41) is 2.05. The van der Waals surface area contributed by atoms with E-state index in [-0.39, 0.29) is 18.2 Å². The molecule has 5 heteroatoms. The van der Waals surface area contributed by atoms with E-state index in [2.05, 4.69) is 0 Å². The van der Waals surface area contributed by atoms with Crippen molar-refractivity contribution in [1.82, 2.24) is 10.0 Å². The lowest BCUT2D eigenvalue weighted by molar-refractivity contribution is -0.163. The van der Waals surface area contributed by atoms with Crippen molar-refractivity contribution in [3.63, 3.8) is 0 Å². The average molecular weight is 170 g/mol. The van der Waals surface area contributed by atoms with Crippen LogP contribution in [0.25, 0.3) is 0 Å². The summed E-state index contributed by atoms with van der Waals surface area (Å²) in [5.74, 6) is -0.999. The molecule has 0 bridgehead atoms. The quantitative estimate of drug-likeness (QED) is 0.493. The molecule has 0 aromatic rings. The van der Waals surface area contributed by atoms with Gasteiger partial charge in [-0.3, -0.25) is 14.4 Å². The second-order valence-corrected chi connectivity index (χ2v) is 2.62. The van der Waals surface area contributed by atoms with Gasteiger partial charge in [0.15, 0.2) is 0 Å². The molecule has 1 rings (SSSR count). The van der Waals surface area contributed by atoms with Gasteiger partial charge in [0.25, 0.3) is 0 Å². The lowest BCUT2D eigenvalue weighted by Gasteiger charge is -2.22. The molecule has 0 N–H and O–H groups in total. The molecule has 1 heterocycles. The minimum Gasteiger partial charge on any atom is -0.273 e. The highest BCUT2D eigenvalue weighted by atomic mass is 16.2. The second-order valence-electron chi connectivity index (χ2n) is 2.62. The van der Waals surface area contributed by atoms with Crippen LogP contribution in [0.2, 0.25) is 0 Å². The Morgan fingerprint density at radius 3 is 2.17 bits per heavy atom. The molecule has 5 nitrogen and oxygen atoms in total. The molecule has 0 unspecified atom stereocenters. The van der Waals surface area contributed by atoms with E-state index in [9.17, 15) is 14.4 Å². The molecule has 0 aromatic heterocycles. The molecule has 3 amide bonds. The van der Waals surface area contributed by atoms with E-state index in [0.29, 0.717) is 6.54 Å². The number of hydrogen-bond acceptors (Lipinski definition) is 3. The zero-order valence-corrected chi connectivity index (χ0v) is 7.03. The van der Waals surface area contributed by atoms with E-state index in [1.54, 1.807) is 0 Å². The van der Waals surface area contributed by atoms with Crippen LogP contribution in [0.3, 0.4) is 0 Å².